The van der Waals surface area contributed by atoms with Gasteiger partial charge < -0.3 is 14.7 Å². The van der Waals surface area contributed by atoms with Gasteiger partial charge in [0, 0.05) is 51.4 Å². The minimum Gasteiger partial charge on any atom is -0.355 e. The highest BCUT2D eigenvalue weighted by molar-refractivity contribution is 5.94. The zero-order chi connectivity index (χ0) is 23.0. The van der Waals surface area contributed by atoms with Crippen molar-refractivity contribution in [3.05, 3.63) is 41.6 Å². The number of rotatable bonds is 6. The van der Waals surface area contributed by atoms with Crippen LogP contribution in [0.5, 0.6) is 0 Å². The standard InChI is InChI=1S/C23H28F2N4O3/c1-13(14-4-5-14)29-9-8-19(17(12-29)23(31)28(2)3)26-22(30)20-11-21(32-27-20)16-7-6-15(24)10-18(16)25/h6-7,10-11,13-14,17,19H,4-5,8-9,12H2,1-3H3,(H,26,30). The molecule has 1 aliphatic carbocycles. The van der Waals surface area contributed by atoms with Gasteiger partial charge in [-0.05, 0) is 44.2 Å². The van der Waals surface area contributed by atoms with E-state index in [1.165, 1.54) is 25.0 Å². The maximum Gasteiger partial charge on any atom is 0.273 e. The van der Waals surface area contributed by atoms with Crippen molar-refractivity contribution in [3.63, 3.8) is 0 Å². The van der Waals surface area contributed by atoms with Crippen molar-refractivity contribution in [1.29, 1.82) is 0 Å². The normalized spacial score (nSPS) is 22.4. The maximum absolute atomic E-state index is 14.0. The highest BCUT2D eigenvalue weighted by atomic mass is 19.1. The molecule has 1 aromatic heterocycles. The van der Waals surface area contributed by atoms with Crippen LogP contribution in [0.2, 0.25) is 0 Å². The number of amides is 2. The summed E-state index contributed by atoms with van der Waals surface area (Å²) in [6.07, 6.45) is 3.10. The number of likely N-dealkylation sites (tertiary alicyclic amines) is 1. The summed E-state index contributed by atoms with van der Waals surface area (Å²) in [7, 11) is 3.43. The molecule has 7 nitrogen and oxygen atoms in total. The molecule has 1 aliphatic heterocycles. The third kappa shape index (κ3) is 4.67. The van der Waals surface area contributed by atoms with Crippen LogP contribution in [0.4, 0.5) is 8.78 Å². The zero-order valence-corrected chi connectivity index (χ0v) is 18.5. The molecule has 2 aliphatic rings. The first-order chi connectivity index (χ1) is 15.2. The molecule has 2 amide bonds. The van der Waals surface area contributed by atoms with E-state index in [2.05, 4.69) is 22.3 Å². The van der Waals surface area contributed by atoms with Crippen molar-refractivity contribution >= 4 is 11.8 Å². The van der Waals surface area contributed by atoms with Gasteiger partial charge in [-0.15, -0.1) is 0 Å². The van der Waals surface area contributed by atoms with E-state index in [-0.39, 0.29) is 34.9 Å². The van der Waals surface area contributed by atoms with Crippen LogP contribution in [-0.4, -0.2) is 66.0 Å². The molecule has 1 N–H and O–H groups in total. The average Bonchev–Trinajstić information content (AvgIpc) is 3.49. The molecule has 2 aromatic rings. The topological polar surface area (TPSA) is 78.7 Å². The van der Waals surface area contributed by atoms with Crippen LogP contribution in [0.3, 0.4) is 0 Å². The lowest BCUT2D eigenvalue weighted by Gasteiger charge is -2.41. The van der Waals surface area contributed by atoms with Gasteiger partial charge in [-0.3, -0.25) is 14.5 Å². The van der Waals surface area contributed by atoms with Crippen molar-refractivity contribution in [3.8, 4) is 11.3 Å². The van der Waals surface area contributed by atoms with Crippen LogP contribution in [0.15, 0.2) is 28.8 Å². The molecule has 2 fully saturated rings. The Morgan fingerprint density at radius 1 is 1.22 bits per heavy atom. The fraction of sp³-hybridized carbons (Fsp3) is 0.522. The van der Waals surface area contributed by atoms with E-state index in [1.54, 1.807) is 19.0 Å². The Morgan fingerprint density at radius 3 is 2.62 bits per heavy atom. The first-order valence-corrected chi connectivity index (χ1v) is 10.9. The van der Waals surface area contributed by atoms with Crippen molar-refractivity contribution in [2.45, 2.75) is 38.3 Å². The van der Waals surface area contributed by atoms with Gasteiger partial charge in [0.05, 0.1) is 11.5 Å². The fourth-order valence-corrected chi connectivity index (χ4v) is 4.42. The smallest absolute Gasteiger partial charge is 0.273 e. The molecule has 3 atom stereocenters. The molecule has 1 saturated heterocycles. The molecule has 1 aromatic carbocycles. The minimum atomic E-state index is -0.804. The lowest BCUT2D eigenvalue weighted by Crippen LogP contribution is -2.57. The SMILES string of the molecule is CC(C1CC1)N1CCC(NC(=O)c2cc(-c3ccc(F)cc3F)on2)C(C(=O)N(C)C)C1. The van der Waals surface area contributed by atoms with Crippen molar-refractivity contribution < 1.29 is 22.9 Å². The summed E-state index contributed by atoms with van der Waals surface area (Å²) < 4.78 is 32.3. The summed E-state index contributed by atoms with van der Waals surface area (Å²) in [5, 5.41) is 6.67. The average molecular weight is 446 g/mol. The van der Waals surface area contributed by atoms with Gasteiger partial charge in [-0.1, -0.05) is 5.16 Å². The molecule has 0 radical (unpaired) electrons. The summed E-state index contributed by atoms with van der Waals surface area (Å²) >= 11 is 0. The summed E-state index contributed by atoms with van der Waals surface area (Å²) in [6, 6.07) is 4.48. The van der Waals surface area contributed by atoms with Crippen LogP contribution in [-0.2, 0) is 4.79 Å². The van der Waals surface area contributed by atoms with Crippen LogP contribution >= 0.6 is 0 Å². The summed E-state index contributed by atoms with van der Waals surface area (Å²) in [6.45, 7) is 3.59. The molecular weight excluding hydrogens is 418 g/mol. The van der Waals surface area contributed by atoms with Crippen molar-refractivity contribution in [2.24, 2.45) is 11.8 Å². The second-order valence-electron chi connectivity index (χ2n) is 8.98. The second kappa shape index (κ2) is 8.97. The number of aromatic nitrogens is 1. The number of benzene rings is 1. The van der Waals surface area contributed by atoms with Crippen LogP contribution in [0.1, 0.15) is 36.7 Å². The molecule has 32 heavy (non-hydrogen) atoms. The van der Waals surface area contributed by atoms with Crippen LogP contribution in [0.25, 0.3) is 11.3 Å². The molecule has 172 valence electrons. The number of halogens is 2. The lowest BCUT2D eigenvalue weighted by molar-refractivity contribution is -0.136. The zero-order valence-electron chi connectivity index (χ0n) is 18.5. The van der Waals surface area contributed by atoms with Gasteiger partial charge in [-0.25, -0.2) is 8.78 Å². The lowest BCUT2D eigenvalue weighted by atomic mass is 9.89. The number of piperidine rings is 1. The number of carbonyl (C=O) groups excluding carboxylic acids is 2. The molecule has 0 bridgehead atoms. The summed E-state index contributed by atoms with van der Waals surface area (Å²) in [4.78, 5) is 29.6. The van der Waals surface area contributed by atoms with Gasteiger partial charge in [0.15, 0.2) is 11.5 Å². The first kappa shape index (κ1) is 22.4. The van der Waals surface area contributed by atoms with Gasteiger partial charge >= 0.3 is 0 Å². The van der Waals surface area contributed by atoms with Gasteiger partial charge in [0.25, 0.3) is 5.91 Å². The fourth-order valence-electron chi connectivity index (χ4n) is 4.42. The molecular formula is C23H28F2N4O3. The first-order valence-electron chi connectivity index (χ1n) is 10.9. The Bertz CT molecular complexity index is 1000. The van der Waals surface area contributed by atoms with E-state index < -0.39 is 17.5 Å². The predicted molar refractivity (Wildman–Crippen MR) is 114 cm³/mol. The van der Waals surface area contributed by atoms with Crippen molar-refractivity contribution in [2.75, 3.05) is 27.2 Å². The highest BCUT2D eigenvalue weighted by Crippen LogP contribution is 2.36. The Labute approximate surface area is 185 Å². The molecule has 3 unspecified atom stereocenters. The van der Waals surface area contributed by atoms with Gasteiger partial charge in [0.1, 0.15) is 11.6 Å². The van der Waals surface area contributed by atoms with E-state index in [1.807, 2.05) is 0 Å². The molecule has 4 rings (SSSR count). The number of hydrogen-bond acceptors (Lipinski definition) is 5. The highest BCUT2D eigenvalue weighted by Gasteiger charge is 2.41. The van der Waals surface area contributed by atoms with Crippen molar-refractivity contribution in [1.82, 2.24) is 20.3 Å². The molecule has 9 heteroatoms. The summed E-state index contributed by atoms with van der Waals surface area (Å²) in [5.74, 6) is -1.68. The van der Waals surface area contributed by atoms with E-state index in [0.717, 1.165) is 18.7 Å². The molecule has 2 heterocycles. The third-order valence-corrected chi connectivity index (χ3v) is 6.54. The Balaban J connectivity index is 1.47. The monoisotopic (exact) mass is 446 g/mol. The Kier molecular flexibility index (Phi) is 6.28. The number of hydrogen-bond donors (Lipinski definition) is 1. The van der Waals surface area contributed by atoms with E-state index in [0.29, 0.717) is 24.9 Å². The molecule has 0 spiro atoms. The number of nitrogens with one attached hydrogen (secondary N) is 1. The van der Waals surface area contributed by atoms with E-state index >= 15 is 0 Å². The Morgan fingerprint density at radius 2 is 1.97 bits per heavy atom. The predicted octanol–water partition coefficient (Wildman–Crippen LogP) is 2.93. The third-order valence-electron chi connectivity index (χ3n) is 6.54. The summed E-state index contributed by atoms with van der Waals surface area (Å²) in [5.41, 5.74) is -0.00506. The van der Waals surface area contributed by atoms with Gasteiger partial charge in [-0.2, -0.15) is 0 Å². The largest absolute Gasteiger partial charge is 0.355 e. The maximum atomic E-state index is 14.0. The van der Waals surface area contributed by atoms with E-state index in [9.17, 15) is 18.4 Å². The van der Waals surface area contributed by atoms with Crippen LogP contribution in [0, 0.1) is 23.5 Å². The molecule has 1 saturated carbocycles. The minimum absolute atomic E-state index is 0.0148. The Hall–Kier alpha value is -2.81. The number of nitrogens with zero attached hydrogens (tertiary/aromatic N) is 3. The number of carbonyl (C=O) groups is 2. The van der Waals surface area contributed by atoms with E-state index in [4.69, 9.17) is 4.52 Å². The second-order valence-corrected chi connectivity index (χ2v) is 8.98. The quantitative estimate of drug-likeness (QED) is 0.738. The van der Waals surface area contributed by atoms with Crippen LogP contribution < -0.4 is 5.32 Å². The van der Waals surface area contributed by atoms with Gasteiger partial charge in [0.2, 0.25) is 5.91 Å².